The molecule has 0 aliphatic carbocycles. The molecule has 0 aliphatic rings. The lowest BCUT2D eigenvalue weighted by Gasteiger charge is -2.10. The van der Waals surface area contributed by atoms with Crippen LogP contribution in [-0.4, -0.2) is 14.8 Å². The molecule has 1 aromatic carbocycles. The molecule has 0 bridgehead atoms. The number of ether oxygens (including phenoxy) is 1. The Balaban J connectivity index is 2.00. The van der Waals surface area contributed by atoms with Crippen LogP contribution in [0.4, 0.5) is 0 Å². The largest absolute Gasteiger partial charge is 0.486 e. The Morgan fingerprint density at radius 2 is 2.17 bits per heavy atom. The summed E-state index contributed by atoms with van der Waals surface area (Å²) in [5.41, 5.74) is 1.19. The summed E-state index contributed by atoms with van der Waals surface area (Å²) in [6.07, 6.45) is 1.58. The normalized spacial score (nSPS) is 10.9. The molecule has 2 aromatic rings. The number of aryl methyl sites for hydroxylation is 1. The molecule has 4 heteroatoms. The molecule has 0 unspecified atom stereocenters. The number of hydrogen-bond donors (Lipinski definition) is 0. The number of rotatable bonds is 5. The minimum absolute atomic E-state index is 0.455. The van der Waals surface area contributed by atoms with E-state index in [9.17, 15) is 0 Å². The van der Waals surface area contributed by atoms with Gasteiger partial charge in [0.2, 0.25) is 0 Å². The third-order valence-electron chi connectivity index (χ3n) is 2.59. The highest BCUT2D eigenvalue weighted by Crippen LogP contribution is 2.14. The van der Waals surface area contributed by atoms with Gasteiger partial charge in [-0.05, 0) is 30.5 Å². The van der Waals surface area contributed by atoms with E-state index >= 15 is 0 Å². The van der Waals surface area contributed by atoms with E-state index < -0.39 is 0 Å². The van der Waals surface area contributed by atoms with Crippen LogP contribution in [0.25, 0.3) is 0 Å². The van der Waals surface area contributed by atoms with Gasteiger partial charge in [-0.1, -0.05) is 26.0 Å². The van der Waals surface area contributed by atoms with Gasteiger partial charge in [-0.25, -0.2) is 9.67 Å². The Bertz CT molecular complexity index is 505. The van der Waals surface area contributed by atoms with Crippen LogP contribution in [0.2, 0.25) is 0 Å². The van der Waals surface area contributed by atoms with Crippen LogP contribution in [0.15, 0.2) is 30.6 Å². The second-order valence-electron chi connectivity index (χ2n) is 4.86. The highest BCUT2D eigenvalue weighted by atomic mass is 16.5. The van der Waals surface area contributed by atoms with Gasteiger partial charge in [-0.2, -0.15) is 5.10 Å². The lowest BCUT2D eigenvalue weighted by Crippen LogP contribution is -2.12. The standard InChI is InChI=1S/C14H19N3O/c1-11(2)8-17-14(15-10-16-17)9-18-13-6-4-5-12(3)7-13/h4-7,10-11H,8-9H2,1-3H3. The molecule has 96 valence electrons. The second-order valence-corrected chi connectivity index (χ2v) is 4.86. The summed E-state index contributed by atoms with van der Waals surface area (Å²) >= 11 is 0. The van der Waals surface area contributed by atoms with Crippen LogP contribution in [0.3, 0.4) is 0 Å². The van der Waals surface area contributed by atoms with Gasteiger partial charge in [0.1, 0.15) is 18.7 Å². The first-order chi connectivity index (χ1) is 8.65. The van der Waals surface area contributed by atoms with Crippen LogP contribution in [0, 0.1) is 12.8 Å². The molecule has 0 saturated heterocycles. The topological polar surface area (TPSA) is 39.9 Å². The molecule has 0 radical (unpaired) electrons. The maximum absolute atomic E-state index is 5.73. The summed E-state index contributed by atoms with van der Waals surface area (Å²) in [6, 6.07) is 8.01. The van der Waals surface area contributed by atoms with Crippen molar-refractivity contribution >= 4 is 0 Å². The minimum Gasteiger partial charge on any atom is -0.486 e. The van der Waals surface area contributed by atoms with E-state index in [4.69, 9.17) is 4.74 Å². The fourth-order valence-corrected chi connectivity index (χ4v) is 1.75. The zero-order valence-electron chi connectivity index (χ0n) is 11.1. The molecule has 4 nitrogen and oxygen atoms in total. The molecule has 0 N–H and O–H groups in total. The van der Waals surface area contributed by atoms with Gasteiger partial charge in [0.15, 0.2) is 5.82 Å². The summed E-state index contributed by atoms with van der Waals surface area (Å²) in [4.78, 5) is 4.23. The van der Waals surface area contributed by atoms with Gasteiger partial charge in [0.05, 0.1) is 0 Å². The quantitative estimate of drug-likeness (QED) is 0.813. The molecule has 0 fully saturated rings. The molecular formula is C14H19N3O. The van der Waals surface area contributed by atoms with E-state index in [2.05, 4.69) is 23.9 Å². The van der Waals surface area contributed by atoms with E-state index in [-0.39, 0.29) is 0 Å². The highest BCUT2D eigenvalue weighted by molar-refractivity contribution is 5.27. The van der Waals surface area contributed by atoms with E-state index in [1.165, 1.54) is 5.56 Å². The Morgan fingerprint density at radius 3 is 2.89 bits per heavy atom. The van der Waals surface area contributed by atoms with Gasteiger partial charge in [-0.15, -0.1) is 0 Å². The van der Waals surface area contributed by atoms with Crippen LogP contribution in [-0.2, 0) is 13.2 Å². The summed E-state index contributed by atoms with van der Waals surface area (Å²) < 4.78 is 7.63. The smallest absolute Gasteiger partial charge is 0.164 e. The maximum Gasteiger partial charge on any atom is 0.164 e. The lowest BCUT2D eigenvalue weighted by molar-refractivity contribution is 0.282. The minimum atomic E-state index is 0.455. The van der Waals surface area contributed by atoms with Crippen molar-refractivity contribution in [3.63, 3.8) is 0 Å². The van der Waals surface area contributed by atoms with Gasteiger partial charge in [-0.3, -0.25) is 0 Å². The van der Waals surface area contributed by atoms with Crippen LogP contribution in [0.1, 0.15) is 25.2 Å². The van der Waals surface area contributed by atoms with Crippen LogP contribution >= 0.6 is 0 Å². The molecular weight excluding hydrogens is 226 g/mol. The van der Waals surface area contributed by atoms with Crippen LogP contribution < -0.4 is 4.74 Å². The molecule has 0 aliphatic heterocycles. The first-order valence-corrected chi connectivity index (χ1v) is 6.21. The number of aromatic nitrogens is 3. The van der Waals surface area contributed by atoms with Crippen molar-refractivity contribution in [2.24, 2.45) is 5.92 Å². The molecule has 0 atom stereocenters. The Kier molecular flexibility index (Phi) is 3.97. The maximum atomic E-state index is 5.73. The lowest BCUT2D eigenvalue weighted by atomic mass is 10.2. The number of hydrogen-bond acceptors (Lipinski definition) is 3. The molecule has 1 heterocycles. The molecule has 18 heavy (non-hydrogen) atoms. The molecule has 0 spiro atoms. The van der Waals surface area contributed by atoms with E-state index in [0.717, 1.165) is 18.1 Å². The summed E-state index contributed by atoms with van der Waals surface area (Å²) in [7, 11) is 0. The number of benzene rings is 1. The molecule has 0 saturated carbocycles. The van der Waals surface area contributed by atoms with Crippen molar-refractivity contribution in [1.29, 1.82) is 0 Å². The van der Waals surface area contributed by atoms with Gasteiger partial charge >= 0.3 is 0 Å². The van der Waals surface area contributed by atoms with Crippen LogP contribution in [0.5, 0.6) is 5.75 Å². The van der Waals surface area contributed by atoms with Crippen molar-refractivity contribution in [1.82, 2.24) is 14.8 Å². The first-order valence-electron chi connectivity index (χ1n) is 6.21. The predicted molar refractivity (Wildman–Crippen MR) is 70.4 cm³/mol. The van der Waals surface area contributed by atoms with Crippen molar-refractivity contribution in [2.75, 3.05) is 0 Å². The Hall–Kier alpha value is -1.84. The number of nitrogens with zero attached hydrogens (tertiary/aromatic N) is 3. The van der Waals surface area contributed by atoms with Crippen molar-refractivity contribution in [2.45, 2.75) is 33.9 Å². The monoisotopic (exact) mass is 245 g/mol. The second kappa shape index (κ2) is 5.67. The van der Waals surface area contributed by atoms with Gasteiger partial charge < -0.3 is 4.74 Å². The van der Waals surface area contributed by atoms with Crippen molar-refractivity contribution < 1.29 is 4.74 Å². The Labute approximate surface area is 108 Å². The van der Waals surface area contributed by atoms with Crippen molar-refractivity contribution in [3.05, 3.63) is 42.0 Å². The van der Waals surface area contributed by atoms with Gasteiger partial charge in [0.25, 0.3) is 0 Å². The first kappa shape index (κ1) is 12.6. The molecule has 0 amide bonds. The average molecular weight is 245 g/mol. The summed E-state index contributed by atoms with van der Waals surface area (Å²) in [5, 5.41) is 4.21. The summed E-state index contributed by atoms with van der Waals surface area (Å²) in [6.45, 7) is 7.69. The molecule has 1 aromatic heterocycles. The fourth-order valence-electron chi connectivity index (χ4n) is 1.75. The zero-order valence-corrected chi connectivity index (χ0v) is 11.1. The fraction of sp³-hybridized carbons (Fsp3) is 0.429. The van der Waals surface area contributed by atoms with E-state index in [1.54, 1.807) is 6.33 Å². The van der Waals surface area contributed by atoms with E-state index in [0.29, 0.717) is 12.5 Å². The molecule has 2 rings (SSSR count). The highest BCUT2D eigenvalue weighted by Gasteiger charge is 2.06. The third-order valence-corrected chi connectivity index (χ3v) is 2.59. The van der Waals surface area contributed by atoms with Crippen molar-refractivity contribution in [3.8, 4) is 5.75 Å². The third kappa shape index (κ3) is 3.32. The predicted octanol–water partition coefficient (Wildman–Crippen LogP) is 2.82. The van der Waals surface area contributed by atoms with Gasteiger partial charge in [0, 0.05) is 6.54 Å². The average Bonchev–Trinajstić information content (AvgIpc) is 2.73. The summed E-state index contributed by atoms with van der Waals surface area (Å²) in [5.74, 6) is 2.28. The SMILES string of the molecule is Cc1cccc(OCc2ncnn2CC(C)C)c1. The van der Waals surface area contributed by atoms with E-state index in [1.807, 2.05) is 35.9 Å². The zero-order chi connectivity index (χ0) is 13.0. The Morgan fingerprint density at radius 1 is 1.33 bits per heavy atom.